The lowest BCUT2D eigenvalue weighted by Crippen LogP contribution is -1.91. The lowest BCUT2D eigenvalue weighted by molar-refractivity contribution is 0.152. The van der Waals surface area contributed by atoms with Gasteiger partial charge in [-0.25, -0.2) is 0 Å². The van der Waals surface area contributed by atoms with Crippen LogP contribution in [-0.4, -0.2) is 20.2 Å². The molecule has 2 rings (SSSR count). The summed E-state index contributed by atoms with van der Waals surface area (Å²) >= 11 is 0. The molecule has 1 atom stereocenters. The Balaban J connectivity index is 2.37. The minimum absolute atomic E-state index is 0.202. The van der Waals surface area contributed by atoms with Gasteiger partial charge >= 0.3 is 0 Å². The molecule has 0 radical (unpaired) electrons. The predicted octanol–water partition coefficient (Wildman–Crippen LogP) is 1.49. The fourth-order valence-electron chi connectivity index (χ4n) is 1.17. The maximum atomic E-state index is 9.22. The van der Waals surface area contributed by atoms with E-state index in [4.69, 9.17) is 4.52 Å². The number of hydrogen-bond donors (Lipinski definition) is 1. The molecule has 0 saturated carbocycles. The van der Waals surface area contributed by atoms with Crippen LogP contribution in [0.3, 0.4) is 0 Å². The second-order valence-electron chi connectivity index (χ2n) is 3.35. The van der Waals surface area contributed by atoms with E-state index in [0.29, 0.717) is 11.5 Å². The normalized spacial score (nSPS) is 12.7. The third-order valence-corrected chi connectivity index (χ3v) is 1.94. The summed E-state index contributed by atoms with van der Waals surface area (Å²) in [6, 6.07) is 3.75. The fraction of sp³-hybridized carbons (Fsp3) is 0.300. The highest BCUT2D eigenvalue weighted by molar-refractivity contribution is 5.48. The summed E-state index contributed by atoms with van der Waals surface area (Å²) in [7, 11) is 0. The number of aliphatic hydroxyl groups excluding tert-OH is 1. The third kappa shape index (κ3) is 2.02. The molecule has 2 aromatic heterocycles. The first-order valence-electron chi connectivity index (χ1n) is 4.61. The van der Waals surface area contributed by atoms with Crippen molar-refractivity contribution >= 4 is 0 Å². The van der Waals surface area contributed by atoms with E-state index in [1.54, 1.807) is 13.1 Å². The molecule has 2 heterocycles. The first-order chi connectivity index (χ1) is 7.16. The molecule has 0 fully saturated rings. The second kappa shape index (κ2) is 3.78. The van der Waals surface area contributed by atoms with E-state index in [1.807, 2.05) is 19.1 Å². The maximum absolute atomic E-state index is 9.22. The Morgan fingerprint density at radius 1 is 1.47 bits per heavy atom. The molecular formula is C10H11N3O2. The molecule has 0 aromatic carbocycles. The molecule has 0 aliphatic carbocycles. The van der Waals surface area contributed by atoms with Crippen LogP contribution in [0.5, 0.6) is 0 Å². The average molecular weight is 205 g/mol. The smallest absolute Gasteiger partial charge is 0.255 e. The molecule has 0 spiro atoms. The van der Waals surface area contributed by atoms with Crippen molar-refractivity contribution in [2.24, 2.45) is 0 Å². The van der Waals surface area contributed by atoms with E-state index in [9.17, 15) is 5.11 Å². The van der Waals surface area contributed by atoms with Crippen LogP contribution in [0.25, 0.3) is 11.5 Å². The molecule has 0 amide bonds. The van der Waals surface area contributed by atoms with Crippen molar-refractivity contribution in [3.05, 3.63) is 29.8 Å². The zero-order chi connectivity index (χ0) is 10.8. The van der Waals surface area contributed by atoms with Crippen LogP contribution in [0.4, 0.5) is 0 Å². The molecule has 0 saturated heterocycles. The van der Waals surface area contributed by atoms with Gasteiger partial charge in [-0.05, 0) is 31.5 Å². The lowest BCUT2D eigenvalue weighted by Gasteiger charge is -1.94. The molecule has 0 bridgehead atoms. The van der Waals surface area contributed by atoms with Crippen LogP contribution >= 0.6 is 0 Å². The van der Waals surface area contributed by atoms with Crippen molar-refractivity contribution in [2.75, 3.05) is 0 Å². The molecular weight excluding hydrogens is 194 g/mol. The topological polar surface area (TPSA) is 72.0 Å². The van der Waals surface area contributed by atoms with Crippen LogP contribution in [0.2, 0.25) is 0 Å². The van der Waals surface area contributed by atoms with Crippen LogP contribution in [0, 0.1) is 6.92 Å². The van der Waals surface area contributed by atoms with Gasteiger partial charge in [-0.1, -0.05) is 5.16 Å². The highest BCUT2D eigenvalue weighted by Gasteiger charge is 2.13. The van der Waals surface area contributed by atoms with Gasteiger partial charge in [0.05, 0.1) is 0 Å². The maximum Gasteiger partial charge on any atom is 0.255 e. The zero-order valence-corrected chi connectivity index (χ0v) is 8.51. The number of nitrogens with zero attached hydrogens (tertiary/aromatic N) is 3. The molecule has 0 aliphatic heterocycles. The van der Waals surface area contributed by atoms with Crippen molar-refractivity contribution in [1.29, 1.82) is 0 Å². The summed E-state index contributed by atoms with van der Waals surface area (Å²) in [6.45, 7) is 3.53. The number of rotatable bonds is 2. The van der Waals surface area contributed by atoms with Crippen molar-refractivity contribution in [3.8, 4) is 11.5 Å². The van der Waals surface area contributed by atoms with Crippen LogP contribution in [0.15, 0.2) is 22.9 Å². The minimum atomic E-state index is -0.754. The number of aromatic nitrogens is 3. The predicted molar refractivity (Wildman–Crippen MR) is 52.9 cm³/mol. The largest absolute Gasteiger partial charge is 0.384 e. The Kier molecular flexibility index (Phi) is 2.47. The summed E-state index contributed by atoms with van der Waals surface area (Å²) in [5.41, 5.74) is 1.72. The van der Waals surface area contributed by atoms with Gasteiger partial charge in [0.2, 0.25) is 5.82 Å². The molecule has 0 aliphatic rings. The minimum Gasteiger partial charge on any atom is -0.384 e. The number of aliphatic hydroxyl groups is 1. The van der Waals surface area contributed by atoms with E-state index in [2.05, 4.69) is 15.1 Å². The monoisotopic (exact) mass is 205 g/mol. The van der Waals surface area contributed by atoms with Gasteiger partial charge in [0.1, 0.15) is 11.8 Å². The molecule has 78 valence electrons. The molecule has 5 nitrogen and oxygen atoms in total. The molecule has 2 aromatic rings. The first-order valence-corrected chi connectivity index (χ1v) is 4.61. The van der Waals surface area contributed by atoms with Gasteiger partial charge in [0, 0.05) is 6.20 Å². The van der Waals surface area contributed by atoms with Crippen LogP contribution < -0.4 is 0 Å². The molecule has 1 N–H and O–H groups in total. The van der Waals surface area contributed by atoms with Gasteiger partial charge in [0.15, 0.2) is 0 Å². The van der Waals surface area contributed by atoms with Gasteiger partial charge in [-0.2, -0.15) is 4.98 Å². The standard InChI is InChI=1S/C10H11N3O2/c1-6-3-4-11-8(5-6)9-12-10(7(2)14)15-13-9/h3-5,7,14H,1-2H3. The van der Waals surface area contributed by atoms with E-state index in [-0.39, 0.29) is 5.89 Å². The Labute approximate surface area is 86.8 Å². The van der Waals surface area contributed by atoms with Crippen molar-refractivity contribution in [2.45, 2.75) is 20.0 Å². The number of hydrogen-bond acceptors (Lipinski definition) is 5. The molecule has 5 heteroatoms. The van der Waals surface area contributed by atoms with Crippen molar-refractivity contribution < 1.29 is 9.63 Å². The lowest BCUT2D eigenvalue weighted by atomic mass is 10.2. The summed E-state index contributed by atoms with van der Waals surface area (Å²) < 4.78 is 4.87. The summed E-state index contributed by atoms with van der Waals surface area (Å²) in [4.78, 5) is 8.15. The van der Waals surface area contributed by atoms with E-state index in [1.165, 1.54) is 0 Å². The SMILES string of the molecule is Cc1ccnc(-c2noc(C(C)O)n2)c1. The number of pyridine rings is 1. The average Bonchev–Trinajstić information content (AvgIpc) is 2.66. The summed E-state index contributed by atoms with van der Waals surface area (Å²) in [5.74, 6) is 0.600. The third-order valence-electron chi connectivity index (χ3n) is 1.94. The number of aryl methyl sites for hydroxylation is 1. The summed E-state index contributed by atoms with van der Waals surface area (Å²) in [5, 5.41) is 13.0. The molecule has 15 heavy (non-hydrogen) atoms. The van der Waals surface area contributed by atoms with E-state index < -0.39 is 6.10 Å². The highest BCUT2D eigenvalue weighted by Crippen LogP contribution is 2.16. The zero-order valence-electron chi connectivity index (χ0n) is 8.51. The second-order valence-corrected chi connectivity index (χ2v) is 3.35. The Hall–Kier alpha value is -1.75. The van der Waals surface area contributed by atoms with E-state index in [0.717, 1.165) is 5.56 Å². The van der Waals surface area contributed by atoms with Gasteiger partial charge < -0.3 is 9.63 Å². The van der Waals surface area contributed by atoms with Crippen LogP contribution in [-0.2, 0) is 0 Å². The first kappa shape index (κ1) is 9.79. The highest BCUT2D eigenvalue weighted by atomic mass is 16.5. The van der Waals surface area contributed by atoms with Crippen molar-refractivity contribution in [3.63, 3.8) is 0 Å². The summed E-state index contributed by atoms with van der Waals surface area (Å²) in [6.07, 6.45) is 0.930. The van der Waals surface area contributed by atoms with Gasteiger partial charge in [-0.15, -0.1) is 0 Å². The fourth-order valence-corrected chi connectivity index (χ4v) is 1.17. The van der Waals surface area contributed by atoms with Gasteiger partial charge in [0.25, 0.3) is 5.89 Å². The van der Waals surface area contributed by atoms with Crippen LogP contribution in [0.1, 0.15) is 24.5 Å². The Morgan fingerprint density at radius 3 is 2.87 bits per heavy atom. The molecule has 1 unspecified atom stereocenters. The Bertz CT molecular complexity index is 465. The Morgan fingerprint density at radius 2 is 2.27 bits per heavy atom. The quantitative estimate of drug-likeness (QED) is 0.804. The van der Waals surface area contributed by atoms with Crippen molar-refractivity contribution in [1.82, 2.24) is 15.1 Å². The van der Waals surface area contributed by atoms with E-state index >= 15 is 0 Å². The van der Waals surface area contributed by atoms with Gasteiger partial charge in [-0.3, -0.25) is 4.98 Å².